The number of hydrogen-bond donors (Lipinski definition) is 2. The summed E-state index contributed by atoms with van der Waals surface area (Å²) in [5.41, 5.74) is 1.61. The van der Waals surface area contributed by atoms with Gasteiger partial charge < -0.3 is 20.1 Å². The number of hydrogen-bond acceptors (Lipinski definition) is 5. The van der Waals surface area contributed by atoms with E-state index in [1.165, 1.54) is 12.3 Å². The molecule has 2 N–H and O–H groups in total. The minimum atomic E-state index is -0.309. The summed E-state index contributed by atoms with van der Waals surface area (Å²) in [6.45, 7) is 7.65. The largest absolute Gasteiger partial charge is 0.364 e. The van der Waals surface area contributed by atoms with E-state index >= 15 is 0 Å². The molecule has 1 aliphatic carbocycles. The molecule has 3 heterocycles. The lowest BCUT2D eigenvalue weighted by molar-refractivity contribution is 0.101. The SMILES string of the molecule is CC(C)(C)NC(=O)N1CC2C(CCc3ncccc3NC(=O)c3ccon3)C2C1. The van der Waals surface area contributed by atoms with E-state index in [2.05, 4.69) is 20.8 Å². The average molecular weight is 397 g/mol. The molecule has 1 aliphatic heterocycles. The molecular weight excluding hydrogens is 370 g/mol. The first-order valence-corrected chi connectivity index (χ1v) is 10.0. The van der Waals surface area contributed by atoms with Crippen molar-refractivity contribution in [3.05, 3.63) is 42.0 Å². The van der Waals surface area contributed by atoms with Crippen LogP contribution in [-0.4, -0.2) is 45.6 Å². The first-order valence-electron chi connectivity index (χ1n) is 10.0. The Morgan fingerprint density at radius 3 is 2.66 bits per heavy atom. The van der Waals surface area contributed by atoms with E-state index < -0.39 is 0 Å². The van der Waals surface area contributed by atoms with Gasteiger partial charge in [-0.25, -0.2) is 4.79 Å². The van der Waals surface area contributed by atoms with Crippen LogP contribution in [0, 0.1) is 17.8 Å². The van der Waals surface area contributed by atoms with Gasteiger partial charge in [0.25, 0.3) is 5.91 Å². The smallest absolute Gasteiger partial charge is 0.317 e. The molecule has 2 atom stereocenters. The standard InChI is InChI=1S/C21H27N5O3/c1-21(2,3)24-20(28)26-11-14-13(15(14)12-26)6-7-16-17(5-4-9-22-16)23-19(27)18-8-10-29-25-18/h4-5,8-10,13-15H,6-7,11-12H2,1-3H3,(H,23,27)(H,24,28). The van der Waals surface area contributed by atoms with Gasteiger partial charge >= 0.3 is 6.03 Å². The van der Waals surface area contributed by atoms with Crippen LogP contribution in [0.4, 0.5) is 10.5 Å². The first-order chi connectivity index (χ1) is 13.8. The maximum Gasteiger partial charge on any atom is 0.317 e. The van der Waals surface area contributed by atoms with E-state index in [1.807, 2.05) is 31.7 Å². The molecule has 2 aliphatic rings. The third-order valence-corrected chi connectivity index (χ3v) is 5.66. The molecule has 1 saturated carbocycles. The number of urea groups is 1. The van der Waals surface area contributed by atoms with Gasteiger partial charge in [-0.2, -0.15) is 0 Å². The Morgan fingerprint density at radius 1 is 1.24 bits per heavy atom. The maximum atomic E-state index is 12.3. The third kappa shape index (κ3) is 4.41. The summed E-state index contributed by atoms with van der Waals surface area (Å²) in [7, 11) is 0. The second-order valence-electron chi connectivity index (χ2n) is 8.95. The summed E-state index contributed by atoms with van der Waals surface area (Å²) in [5.74, 6) is 1.47. The predicted molar refractivity (Wildman–Crippen MR) is 107 cm³/mol. The molecular formula is C21H27N5O3. The second kappa shape index (κ2) is 7.50. The zero-order chi connectivity index (χ0) is 20.6. The number of rotatable bonds is 5. The average Bonchev–Trinajstić information content (AvgIpc) is 3.09. The lowest BCUT2D eigenvalue weighted by atomic mass is 10.1. The van der Waals surface area contributed by atoms with Crippen LogP contribution in [0.2, 0.25) is 0 Å². The van der Waals surface area contributed by atoms with Crippen molar-refractivity contribution < 1.29 is 14.1 Å². The molecule has 0 spiro atoms. The number of aromatic nitrogens is 2. The number of pyridine rings is 1. The number of piperidine rings is 1. The number of amides is 3. The zero-order valence-corrected chi connectivity index (χ0v) is 17.0. The van der Waals surface area contributed by atoms with Crippen molar-refractivity contribution in [3.8, 4) is 0 Å². The Morgan fingerprint density at radius 2 is 2.00 bits per heavy atom. The molecule has 1 saturated heterocycles. The number of fused-ring (bicyclic) bond motifs is 1. The van der Waals surface area contributed by atoms with Crippen LogP contribution >= 0.6 is 0 Å². The normalized spacial score (nSPS) is 22.9. The summed E-state index contributed by atoms with van der Waals surface area (Å²) in [6.07, 6.45) is 4.92. The number of aryl methyl sites for hydroxylation is 1. The summed E-state index contributed by atoms with van der Waals surface area (Å²) in [4.78, 5) is 30.9. The summed E-state index contributed by atoms with van der Waals surface area (Å²) < 4.78 is 4.73. The fourth-order valence-electron chi connectivity index (χ4n) is 4.21. The first kappa shape index (κ1) is 19.4. The number of nitrogens with one attached hydrogen (secondary N) is 2. The zero-order valence-electron chi connectivity index (χ0n) is 17.0. The van der Waals surface area contributed by atoms with E-state index in [4.69, 9.17) is 4.52 Å². The van der Waals surface area contributed by atoms with Crippen LogP contribution in [0.15, 0.2) is 35.2 Å². The highest BCUT2D eigenvalue weighted by Gasteiger charge is 2.56. The number of anilines is 1. The van der Waals surface area contributed by atoms with Crippen molar-refractivity contribution in [1.29, 1.82) is 0 Å². The van der Waals surface area contributed by atoms with Gasteiger partial charge in [0.1, 0.15) is 6.26 Å². The quantitative estimate of drug-likeness (QED) is 0.808. The van der Waals surface area contributed by atoms with E-state index in [1.54, 1.807) is 12.3 Å². The number of likely N-dealkylation sites (tertiary alicyclic amines) is 1. The van der Waals surface area contributed by atoms with Gasteiger partial charge in [0, 0.05) is 30.9 Å². The molecule has 0 radical (unpaired) electrons. The highest BCUT2D eigenvalue weighted by molar-refractivity contribution is 6.02. The Kier molecular flexibility index (Phi) is 5.02. The predicted octanol–water partition coefficient (Wildman–Crippen LogP) is 2.94. The van der Waals surface area contributed by atoms with Crippen LogP contribution in [0.3, 0.4) is 0 Å². The Balaban J connectivity index is 1.29. The van der Waals surface area contributed by atoms with E-state index in [0.717, 1.165) is 31.6 Å². The minimum absolute atomic E-state index is 0.0334. The van der Waals surface area contributed by atoms with E-state index in [9.17, 15) is 9.59 Å². The van der Waals surface area contributed by atoms with Gasteiger partial charge in [-0.1, -0.05) is 5.16 Å². The molecule has 8 nitrogen and oxygen atoms in total. The molecule has 2 aromatic heterocycles. The Hall–Kier alpha value is -2.90. The van der Waals surface area contributed by atoms with Crippen LogP contribution in [0.5, 0.6) is 0 Å². The minimum Gasteiger partial charge on any atom is -0.364 e. The molecule has 4 rings (SSSR count). The second-order valence-corrected chi connectivity index (χ2v) is 8.95. The molecule has 2 aromatic rings. The van der Waals surface area contributed by atoms with Crippen LogP contribution < -0.4 is 10.6 Å². The van der Waals surface area contributed by atoms with Crippen molar-refractivity contribution in [2.45, 2.75) is 39.2 Å². The van der Waals surface area contributed by atoms with Gasteiger partial charge in [0.2, 0.25) is 0 Å². The van der Waals surface area contributed by atoms with Crippen LogP contribution in [0.25, 0.3) is 0 Å². The molecule has 2 fully saturated rings. The van der Waals surface area contributed by atoms with E-state index in [-0.39, 0.29) is 23.2 Å². The van der Waals surface area contributed by atoms with Crippen molar-refractivity contribution in [1.82, 2.24) is 20.4 Å². The van der Waals surface area contributed by atoms with Crippen molar-refractivity contribution in [2.75, 3.05) is 18.4 Å². The van der Waals surface area contributed by atoms with Gasteiger partial charge in [-0.3, -0.25) is 9.78 Å². The number of nitrogens with zero attached hydrogens (tertiary/aromatic N) is 3. The van der Waals surface area contributed by atoms with Crippen molar-refractivity contribution in [2.24, 2.45) is 17.8 Å². The molecule has 154 valence electrons. The van der Waals surface area contributed by atoms with Gasteiger partial charge in [0.15, 0.2) is 5.69 Å². The molecule has 0 bridgehead atoms. The molecule has 29 heavy (non-hydrogen) atoms. The number of carbonyl (C=O) groups excluding carboxylic acids is 2. The highest BCUT2D eigenvalue weighted by atomic mass is 16.5. The molecule has 3 amide bonds. The maximum absolute atomic E-state index is 12.3. The van der Waals surface area contributed by atoms with Crippen LogP contribution in [-0.2, 0) is 6.42 Å². The van der Waals surface area contributed by atoms with Gasteiger partial charge in [-0.15, -0.1) is 0 Å². The van der Waals surface area contributed by atoms with Crippen LogP contribution in [0.1, 0.15) is 43.4 Å². The topological polar surface area (TPSA) is 100 Å². The summed E-state index contributed by atoms with van der Waals surface area (Å²) >= 11 is 0. The fourth-order valence-corrected chi connectivity index (χ4v) is 4.21. The molecule has 2 unspecified atom stereocenters. The molecule has 8 heteroatoms. The van der Waals surface area contributed by atoms with Gasteiger partial charge in [-0.05, 0) is 63.5 Å². The molecule has 0 aromatic carbocycles. The monoisotopic (exact) mass is 397 g/mol. The third-order valence-electron chi connectivity index (χ3n) is 5.66. The van der Waals surface area contributed by atoms with Gasteiger partial charge in [0.05, 0.1) is 11.4 Å². The van der Waals surface area contributed by atoms with E-state index in [0.29, 0.717) is 23.4 Å². The Bertz CT molecular complexity index is 878. The lowest BCUT2D eigenvalue weighted by Gasteiger charge is -2.27. The Labute approximate surface area is 170 Å². The lowest BCUT2D eigenvalue weighted by Crippen LogP contribution is -2.48. The van der Waals surface area contributed by atoms with Crippen molar-refractivity contribution in [3.63, 3.8) is 0 Å². The number of carbonyl (C=O) groups is 2. The summed E-state index contributed by atoms with van der Waals surface area (Å²) in [5, 5.41) is 9.57. The summed E-state index contributed by atoms with van der Waals surface area (Å²) in [6, 6.07) is 5.22. The highest BCUT2D eigenvalue weighted by Crippen LogP contribution is 2.54. The van der Waals surface area contributed by atoms with Crippen molar-refractivity contribution >= 4 is 17.6 Å². The fraction of sp³-hybridized carbons (Fsp3) is 0.524.